The SMILES string of the molecule is Cc1ccsc1CNc1n[nH]c(N)n1. The number of aryl methyl sites for hydroxylation is 1. The first-order chi connectivity index (χ1) is 6.75. The molecule has 0 saturated carbocycles. The molecule has 0 aliphatic rings. The second-order valence-corrected chi connectivity index (χ2v) is 3.93. The molecule has 0 bridgehead atoms. The highest BCUT2D eigenvalue weighted by atomic mass is 32.1. The molecule has 0 aliphatic carbocycles. The average molecular weight is 209 g/mol. The third-order valence-corrected chi connectivity index (χ3v) is 2.90. The zero-order valence-corrected chi connectivity index (χ0v) is 8.56. The Bertz CT molecular complexity index is 419. The molecule has 0 radical (unpaired) electrons. The van der Waals surface area contributed by atoms with E-state index in [-0.39, 0.29) is 0 Å². The van der Waals surface area contributed by atoms with E-state index in [9.17, 15) is 0 Å². The summed E-state index contributed by atoms with van der Waals surface area (Å²) < 4.78 is 0. The molecule has 6 heteroatoms. The van der Waals surface area contributed by atoms with Crippen LogP contribution in [-0.2, 0) is 6.54 Å². The van der Waals surface area contributed by atoms with Crippen molar-refractivity contribution in [2.45, 2.75) is 13.5 Å². The summed E-state index contributed by atoms with van der Waals surface area (Å²) in [5, 5.41) is 11.6. The largest absolute Gasteiger partial charge is 0.368 e. The summed E-state index contributed by atoms with van der Waals surface area (Å²) in [4.78, 5) is 5.23. The van der Waals surface area contributed by atoms with Gasteiger partial charge in [0.1, 0.15) is 0 Å². The molecule has 5 nitrogen and oxygen atoms in total. The number of anilines is 2. The van der Waals surface area contributed by atoms with Crippen LogP contribution in [0.25, 0.3) is 0 Å². The maximum atomic E-state index is 5.39. The molecule has 0 atom stereocenters. The van der Waals surface area contributed by atoms with Gasteiger partial charge in [0.15, 0.2) is 0 Å². The molecule has 74 valence electrons. The van der Waals surface area contributed by atoms with Crippen LogP contribution in [0, 0.1) is 6.92 Å². The van der Waals surface area contributed by atoms with Crippen LogP contribution >= 0.6 is 11.3 Å². The minimum atomic E-state index is 0.329. The number of H-pyrrole nitrogens is 1. The molecule has 4 N–H and O–H groups in total. The summed E-state index contributed by atoms with van der Waals surface area (Å²) >= 11 is 1.72. The van der Waals surface area contributed by atoms with Crippen LogP contribution in [-0.4, -0.2) is 15.2 Å². The van der Waals surface area contributed by atoms with Gasteiger partial charge >= 0.3 is 0 Å². The standard InChI is InChI=1S/C8H11N5S/c1-5-2-3-14-6(5)4-10-8-11-7(9)12-13-8/h2-3H,4H2,1H3,(H4,9,10,11,12,13). The Morgan fingerprint density at radius 3 is 3.07 bits per heavy atom. The molecular formula is C8H11N5S. The average Bonchev–Trinajstić information content (AvgIpc) is 2.72. The Morgan fingerprint density at radius 2 is 2.50 bits per heavy atom. The number of aromatic amines is 1. The molecule has 0 spiro atoms. The maximum Gasteiger partial charge on any atom is 0.243 e. The fraction of sp³-hybridized carbons (Fsp3) is 0.250. The van der Waals surface area contributed by atoms with Crippen LogP contribution in [0.2, 0.25) is 0 Å². The highest BCUT2D eigenvalue weighted by Gasteiger charge is 2.02. The van der Waals surface area contributed by atoms with Crippen molar-refractivity contribution < 1.29 is 0 Å². The van der Waals surface area contributed by atoms with Gasteiger partial charge in [-0.15, -0.1) is 16.4 Å². The Hall–Kier alpha value is -1.56. The van der Waals surface area contributed by atoms with Crippen molar-refractivity contribution in [1.82, 2.24) is 15.2 Å². The van der Waals surface area contributed by atoms with E-state index in [1.807, 2.05) is 0 Å². The number of hydrogen-bond acceptors (Lipinski definition) is 5. The van der Waals surface area contributed by atoms with Crippen molar-refractivity contribution in [2.24, 2.45) is 0 Å². The van der Waals surface area contributed by atoms with E-state index < -0.39 is 0 Å². The van der Waals surface area contributed by atoms with E-state index in [4.69, 9.17) is 5.73 Å². The molecule has 2 aromatic rings. The molecule has 14 heavy (non-hydrogen) atoms. The number of nitrogens with zero attached hydrogens (tertiary/aromatic N) is 2. The van der Waals surface area contributed by atoms with Gasteiger partial charge in [-0.05, 0) is 23.9 Å². The molecule has 0 unspecified atom stereocenters. The smallest absolute Gasteiger partial charge is 0.243 e. The van der Waals surface area contributed by atoms with Crippen LogP contribution < -0.4 is 11.1 Å². The van der Waals surface area contributed by atoms with Crippen LogP contribution in [0.5, 0.6) is 0 Å². The molecule has 0 amide bonds. The molecular weight excluding hydrogens is 198 g/mol. The number of aromatic nitrogens is 3. The number of nitrogen functional groups attached to an aromatic ring is 1. The first kappa shape index (κ1) is 9.01. The minimum Gasteiger partial charge on any atom is -0.368 e. The zero-order chi connectivity index (χ0) is 9.97. The lowest BCUT2D eigenvalue weighted by atomic mass is 10.3. The second-order valence-electron chi connectivity index (χ2n) is 2.92. The highest BCUT2D eigenvalue weighted by Crippen LogP contribution is 2.16. The fourth-order valence-corrected chi connectivity index (χ4v) is 1.94. The zero-order valence-electron chi connectivity index (χ0n) is 7.74. The fourth-order valence-electron chi connectivity index (χ4n) is 1.10. The van der Waals surface area contributed by atoms with Gasteiger partial charge in [0.25, 0.3) is 0 Å². The van der Waals surface area contributed by atoms with E-state index >= 15 is 0 Å². The number of nitrogens with one attached hydrogen (secondary N) is 2. The molecule has 2 rings (SSSR count). The van der Waals surface area contributed by atoms with Gasteiger partial charge in [0.05, 0.1) is 6.54 Å². The van der Waals surface area contributed by atoms with Crippen LogP contribution in [0.15, 0.2) is 11.4 Å². The summed E-state index contributed by atoms with van der Waals surface area (Å²) in [5.41, 5.74) is 6.67. The van der Waals surface area contributed by atoms with Crippen LogP contribution in [0.3, 0.4) is 0 Å². The molecule has 0 aliphatic heterocycles. The summed E-state index contributed by atoms with van der Waals surface area (Å²) in [6.45, 7) is 2.82. The Morgan fingerprint density at radius 1 is 1.64 bits per heavy atom. The van der Waals surface area contributed by atoms with Crippen molar-refractivity contribution in [3.63, 3.8) is 0 Å². The Balaban J connectivity index is 1.98. The number of thiophene rings is 1. The van der Waals surface area contributed by atoms with Crippen LogP contribution in [0.4, 0.5) is 11.9 Å². The first-order valence-electron chi connectivity index (χ1n) is 4.20. The van der Waals surface area contributed by atoms with Gasteiger partial charge in [-0.2, -0.15) is 4.98 Å². The van der Waals surface area contributed by atoms with Gasteiger partial charge in [0, 0.05) is 4.88 Å². The lowest BCUT2D eigenvalue weighted by molar-refractivity contribution is 1.05. The van der Waals surface area contributed by atoms with E-state index in [1.165, 1.54) is 10.4 Å². The topological polar surface area (TPSA) is 79.6 Å². The molecule has 0 saturated heterocycles. The van der Waals surface area contributed by atoms with Gasteiger partial charge in [0.2, 0.25) is 11.9 Å². The maximum absolute atomic E-state index is 5.39. The summed E-state index contributed by atoms with van der Waals surface area (Å²) in [6, 6.07) is 2.09. The summed E-state index contributed by atoms with van der Waals surface area (Å²) in [6.07, 6.45) is 0. The first-order valence-corrected chi connectivity index (χ1v) is 5.08. The highest BCUT2D eigenvalue weighted by molar-refractivity contribution is 7.10. The monoisotopic (exact) mass is 209 g/mol. The van der Waals surface area contributed by atoms with Crippen molar-refractivity contribution in [3.05, 3.63) is 21.9 Å². The van der Waals surface area contributed by atoms with Gasteiger partial charge < -0.3 is 11.1 Å². The molecule has 0 fully saturated rings. The second kappa shape index (κ2) is 3.67. The molecule has 0 aromatic carbocycles. The number of nitrogens with two attached hydrogens (primary N) is 1. The quantitative estimate of drug-likeness (QED) is 0.713. The minimum absolute atomic E-state index is 0.329. The molecule has 2 aromatic heterocycles. The van der Waals surface area contributed by atoms with E-state index in [2.05, 4.69) is 38.9 Å². The lowest BCUT2D eigenvalue weighted by Gasteiger charge is -1.99. The number of hydrogen-bond donors (Lipinski definition) is 3. The van der Waals surface area contributed by atoms with Crippen molar-refractivity contribution in [1.29, 1.82) is 0 Å². The third-order valence-electron chi connectivity index (χ3n) is 1.88. The van der Waals surface area contributed by atoms with Crippen molar-refractivity contribution in [3.8, 4) is 0 Å². The van der Waals surface area contributed by atoms with Gasteiger partial charge in [-0.1, -0.05) is 0 Å². The summed E-state index contributed by atoms with van der Waals surface area (Å²) in [7, 11) is 0. The summed E-state index contributed by atoms with van der Waals surface area (Å²) in [5.74, 6) is 0.866. The predicted octanol–water partition coefficient (Wildman–Crippen LogP) is 1.37. The lowest BCUT2D eigenvalue weighted by Crippen LogP contribution is -2.00. The third kappa shape index (κ3) is 1.85. The Labute approximate surface area is 85.4 Å². The Kier molecular flexibility index (Phi) is 2.36. The van der Waals surface area contributed by atoms with Gasteiger partial charge in [-0.25, -0.2) is 5.10 Å². The van der Waals surface area contributed by atoms with Crippen LogP contribution in [0.1, 0.15) is 10.4 Å². The number of rotatable bonds is 3. The normalized spacial score (nSPS) is 10.4. The predicted molar refractivity (Wildman–Crippen MR) is 57.2 cm³/mol. The van der Waals surface area contributed by atoms with Crippen molar-refractivity contribution >= 4 is 23.2 Å². The van der Waals surface area contributed by atoms with Gasteiger partial charge in [-0.3, -0.25) is 0 Å². The van der Waals surface area contributed by atoms with E-state index in [1.54, 1.807) is 11.3 Å². The molecule has 2 heterocycles. The van der Waals surface area contributed by atoms with E-state index in [0.29, 0.717) is 11.9 Å². The van der Waals surface area contributed by atoms with Crippen molar-refractivity contribution in [2.75, 3.05) is 11.1 Å². The van der Waals surface area contributed by atoms with E-state index in [0.717, 1.165) is 6.54 Å².